The SMILES string of the molecule is C#CCN(CC)C(=O)CC1CCCCC1. The molecule has 0 aromatic rings. The number of amides is 1. The van der Waals surface area contributed by atoms with Crippen LogP contribution in [0.4, 0.5) is 0 Å². The molecule has 2 nitrogen and oxygen atoms in total. The Labute approximate surface area is 93.0 Å². The molecule has 0 radical (unpaired) electrons. The summed E-state index contributed by atoms with van der Waals surface area (Å²) >= 11 is 0. The average Bonchev–Trinajstić information content (AvgIpc) is 2.27. The van der Waals surface area contributed by atoms with Crippen LogP contribution in [0.15, 0.2) is 0 Å². The zero-order chi connectivity index (χ0) is 11.1. The summed E-state index contributed by atoms with van der Waals surface area (Å²) in [6, 6.07) is 0. The largest absolute Gasteiger partial charge is 0.332 e. The molecule has 0 unspecified atom stereocenters. The molecule has 0 N–H and O–H groups in total. The first-order valence-electron chi connectivity index (χ1n) is 5.99. The Morgan fingerprint density at radius 2 is 2.07 bits per heavy atom. The van der Waals surface area contributed by atoms with Gasteiger partial charge in [-0.25, -0.2) is 0 Å². The molecule has 1 rings (SSSR count). The molecule has 15 heavy (non-hydrogen) atoms. The molecule has 0 spiro atoms. The minimum atomic E-state index is 0.238. The third-order valence-corrected chi connectivity index (χ3v) is 3.20. The predicted molar refractivity (Wildman–Crippen MR) is 62.3 cm³/mol. The van der Waals surface area contributed by atoms with Crippen molar-refractivity contribution < 1.29 is 4.79 Å². The molecule has 0 heterocycles. The van der Waals surface area contributed by atoms with E-state index in [1.54, 1.807) is 4.90 Å². The lowest BCUT2D eigenvalue weighted by Crippen LogP contribution is -2.32. The highest BCUT2D eigenvalue weighted by Crippen LogP contribution is 2.26. The van der Waals surface area contributed by atoms with Gasteiger partial charge in [-0.3, -0.25) is 4.79 Å². The summed E-state index contributed by atoms with van der Waals surface area (Å²) in [6.45, 7) is 3.17. The molecule has 1 amide bonds. The number of hydrogen-bond acceptors (Lipinski definition) is 1. The Balaban J connectivity index is 2.35. The summed E-state index contributed by atoms with van der Waals surface area (Å²) in [5, 5.41) is 0. The van der Waals surface area contributed by atoms with E-state index in [-0.39, 0.29) is 5.91 Å². The zero-order valence-corrected chi connectivity index (χ0v) is 9.67. The van der Waals surface area contributed by atoms with E-state index in [2.05, 4.69) is 5.92 Å². The molecule has 0 atom stereocenters. The van der Waals surface area contributed by atoms with Crippen molar-refractivity contribution in [2.24, 2.45) is 5.92 Å². The van der Waals surface area contributed by atoms with Crippen LogP contribution in [0.3, 0.4) is 0 Å². The van der Waals surface area contributed by atoms with Gasteiger partial charge in [0.1, 0.15) is 0 Å². The summed E-state index contributed by atoms with van der Waals surface area (Å²) in [6.07, 6.45) is 12.3. The van der Waals surface area contributed by atoms with E-state index in [9.17, 15) is 4.79 Å². The Bertz CT molecular complexity index is 235. The molecule has 0 aromatic carbocycles. The van der Waals surface area contributed by atoms with Gasteiger partial charge in [-0.15, -0.1) is 6.42 Å². The molecular formula is C13H21NO. The molecule has 1 aliphatic carbocycles. The lowest BCUT2D eigenvalue weighted by Gasteiger charge is -2.24. The van der Waals surface area contributed by atoms with E-state index in [1.165, 1.54) is 32.1 Å². The second-order valence-corrected chi connectivity index (χ2v) is 4.32. The van der Waals surface area contributed by atoms with E-state index in [0.29, 0.717) is 18.9 Å². The summed E-state index contributed by atoms with van der Waals surface area (Å²) < 4.78 is 0. The number of carbonyl (C=O) groups is 1. The Hall–Kier alpha value is -0.970. The first-order valence-corrected chi connectivity index (χ1v) is 5.99. The maximum Gasteiger partial charge on any atom is 0.223 e. The number of rotatable bonds is 4. The van der Waals surface area contributed by atoms with E-state index in [0.717, 1.165) is 6.54 Å². The molecule has 1 fully saturated rings. The summed E-state index contributed by atoms with van der Waals surface area (Å²) in [5.41, 5.74) is 0. The third kappa shape index (κ3) is 3.95. The highest BCUT2D eigenvalue weighted by Gasteiger charge is 2.19. The van der Waals surface area contributed by atoms with Crippen molar-refractivity contribution in [3.05, 3.63) is 0 Å². The van der Waals surface area contributed by atoms with Gasteiger partial charge in [0.2, 0.25) is 5.91 Å². The van der Waals surface area contributed by atoms with Crippen LogP contribution < -0.4 is 0 Å². The van der Waals surface area contributed by atoms with Crippen LogP contribution in [-0.4, -0.2) is 23.9 Å². The van der Waals surface area contributed by atoms with Gasteiger partial charge in [-0.1, -0.05) is 25.2 Å². The van der Waals surface area contributed by atoms with Crippen LogP contribution in [0.1, 0.15) is 45.4 Å². The first-order chi connectivity index (χ1) is 7.27. The normalized spacial score (nSPS) is 17.1. The van der Waals surface area contributed by atoms with Crippen molar-refractivity contribution >= 4 is 5.91 Å². The second-order valence-electron chi connectivity index (χ2n) is 4.32. The minimum Gasteiger partial charge on any atom is -0.332 e. The molecule has 0 aliphatic heterocycles. The van der Waals surface area contributed by atoms with Crippen molar-refractivity contribution in [2.45, 2.75) is 45.4 Å². The van der Waals surface area contributed by atoms with Gasteiger partial charge < -0.3 is 4.90 Å². The van der Waals surface area contributed by atoms with E-state index < -0.39 is 0 Å². The van der Waals surface area contributed by atoms with Crippen LogP contribution in [0.5, 0.6) is 0 Å². The maximum atomic E-state index is 11.9. The Morgan fingerprint density at radius 1 is 1.40 bits per heavy atom. The quantitative estimate of drug-likeness (QED) is 0.648. The first kappa shape index (κ1) is 12.1. The van der Waals surface area contributed by atoms with Gasteiger partial charge in [-0.05, 0) is 25.7 Å². The lowest BCUT2D eigenvalue weighted by atomic mass is 9.86. The highest BCUT2D eigenvalue weighted by atomic mass is 16.2. The number of hydrogen-bond donors (Lipinski definition) is 0. The fourth-order valence-corrected chi connectivity index (χ4v) is 2.25. The fourth-order valence-electron chi connectivity index (χ4n) is 2.25. The van der Waals surface area contributed by atoms with E-state index >= 15 is 0 Å². The number of nitrogens with zero attached hydrogens (tertiary/aromatic N) is 1. The second kappa shape index (κ2) is 6.50. The van der Waals surface area contributed by atoms with Crippen molar-refractivity contribution in [1.82, 2.24) is 4.90 Å². The standard InChI is InChI=1S/C13H21NO/c1-3-10-14(4-2)13(15)11-12-8-6-5-7-9-12/h1,12H,4-11H2,2H3. The van der Waals surface area contributed by atoms with Crippen molar-refractivity contribution in [3.63, 3.8) is 0 Å². The van der Waals surface area contributed by atoms with Crippen LogP contribution >= 0.6 is 0 Å². The number of carbonyl (C=O) groups excluding carboxylic acids is 1. The van der Waals surface area contributed by atoms with Crippen molar-refractivity contribution in [2.75, 3.05) is 13.1 Å². The van der Waals surface area contributed by atoms with Gasteiger partial charge in [-0.2, -0.15) is 0 Å². The molecule has 1 aliphatic rings. The summed E-state index contributed by atoms with van der Waals surface area (Å²) in [5.74, 6) is 3.39. The molecule has 84 valence electrons. The van der Waals surface area contributed by atoms with Crippen LogP contribution in [-0.2, 0) is 4.79 Å². The van der Waals surface area contributed by atoms with E-state index in [1.807, 2.05) is 6.92 Å². The number of terminal acetylenes is 1. The van der Waals surface area contributed by atoms with Gasteiger partial charge in [0.25, 0.3) is 0 Å². The molecule has 1 saturated carbocycles. The van der Waals surface area contributed by atoms with E-state index in [4.69, 9.17) is 6.42 Å². The van der Waals surface area contributed by atoms with Gasteiger partial charge >= 0.3 is 0 Å². The zero-order valence-electron chi connectivity index (χ0n) is 9.67. The highest BCUT2D eigenvalue weighted by molar-refractivity contribution is 5.76. The maximum absolute atomic E-state index is 11.9. The molecule has 2 heteroatoms. The van der Waals surface area contributed by atoms with Crippen LogP contribution in [0, 0.1) is 18.3 Å². The summed E-state index contributed by atoms with van der Waals surface area (Å²) in [4.78, 5) is 13.6. The van der Waals surface area contributed by atoms with Crippen LogP contribution in [0.2, 0.25) is 0 Å². The summed E-state index contributed by atoms with van der Waals surface area (Å²) in [7, 11) is 0. The van der Waals surface area contributed by atoms with Gasteiger partial charge in [0, 0.05) is 13.0 Å². The van der Waals surface area contributed by atoms with Crippen LogP contribution in [0.25, 0.3) is 0 Å². The van der Waals surface area contributed by atoms with Gasteiger partial charge in [0.15, 0.2) is 0 Å². The third-order valence-electron chi connectivity index (χ3n) is 3.20. The fraction of sp³-hybridized carbons (Fsp3) is 0.769. The minimum absolute atomic E-state index is 0.238. The topological polar surface area (TPSA) is 20.3 Å². The van der Waals surface area contributed by atoms with Crippen molar-refractivity contribution in [1.29, 1.82) is 0 Å². The monoisotopic (exact) mass is 207 g/mol. The lowest BCUT2D eigenvalue weighted by molar-refractivity contribution is -0.131. The Morgan fingerprint density at radius 3 is 2.60 bits per heavy atom. The van der Waals surface area contributed by atoms with Crippen molar-refractivity contribution in [3.8, 4) is 12.3 Å². The smallest absolute Gasteiger partial charge is 0.223 e. The Kier molecular flexibility index (Phi) is 5.25. The molecular weight excluding hydrogens is 186 g/mol. The molecule has 0 bridgehead atoms. The predicted octanol–water partition coefficient (Wildman–Crippen LogP) is 2.44. The molecule has 0 aromatic heterocycles. The molecule has 0 saturated heterocycles. The van der Waals surface area contributed by atoms with Gasteiger partial charge in [0.05, 0.1) is 6.54 Å². The average molecular weight is 207 g/mol.